The van der Waals surface area contributed by atoms with Crippen LogP contribution < -0.4 is 5.43 Å². The molecule has 1 aromatic heterocycles. The second-order valence-corrected chi connectivity index (χ2v) is 4.91. The van der Waals surface area contributed by atoms with Gasteiger partial charge in [0.15, 0.2) is 5.82 Å². The molecular formula is C10H9ClN4S. The minimum Gasteiger partial charge on any atom is -0.321 e. The highest BCUT2D eigenvalue weighted by molar-refractivity contribution is 7.99. The van der Waals surface area contributed by atoms with Crippen LogP contribution in [0.5, 0.6) is 0 Å². The highest BCUT2D eigenvalue weighted by atomic mass is 35.5. The average Bonchev–Trinajstić information content (AvgIpc) is 2.72. The van der Waals surface area contributed by atoms with Gasteiger partial charge in [0.05, 0.1) is 0 Å². The maximum atomic E-state index is 5.96. The largest absolute Gasteiger partial charge is 0.321 e. The molecule has 0 atom stereocenters. The van der Waals surface area contributed by atoms with E-state index in [2.05, 4.69) is 15.6 Å². The Morgan fingerprint density at radius 2 is 2.31 bits per heavy atom. The second kappa shape index (κ2) is 3.99. The number of thioether (sulfide) groups is 1. The number of hydrogen-bond acceptors (Lipinski definition) is 4. The molecule has 0 amide bonds. The Balaban J connectivity index is 2.09. The van der Waals surface area contributed by atoms with Crippen LogP contribution in [0.4, 0.5) is 0 Å². The van der Waals surface area contributed by atoms with E-state index in [1.807, 2.05) is 28.9 Å². The van der Waals surface area contributed by atoms with Gasteiger partial charge >= 0.3 is 0 Å². The molecule has 1 aliphatic rings. The lowest BCUT2D eigenvalue weighted by atomic mass is 10.2. The fourth-order valence-electron chi connectivity index (χ4n) is 1.62. The molecule has 0 radical (unpaired) electrons. The Labute approximate surface area is 102 Å². The van der Waals surface area contributed by atoms with Crippen LogP contribution in [-0.4, -0.2) is 27.2 Å². The van der Waals surface area contributed by atoms with Crippen molar-refractivity contribution >= 4 is 23.4 Å². The number of hydrogen-bond donors (Lipinski definition) is 1. The van der Waals surface area contributed by atoms with Crippen molar-refractivity contribution in [3.05, 3.63) is 29.3 Å². The summed E-state index contributed by atoms with van der Waals surface area (Å²) in [6.07, 6.45) is 0. The van der Waals surface area contributed by atoms with Crippen LogP contribution in [0.3, 0.4) is 0 Å². The molecule has 0 unspecified atom stereocenters. The van der Waals surface area contributed by atoms with Crippen molar-refractivity contribution in [2.24, 2.45) is 0 Å². The van der Waals surface area contributed by atoms with Crippen molar-refractivity contribution in [2.75, 3.05) is 17.7 Å². The van der Waals surface area contributed by atoms with Crippen LogP contribution in [0.2, 0.25) is 5.02 Å². The van der Waals surface area contributed by atoms with E-state index >= 15 is 0 Å². The van der Waals surface area contributed by atoms with Gasteiger partial charge in [-0.2, -0.15) is 0 Å². The van der Waals surface area contributed by atoms with E-state index in [-0.39, 0.29) is 0 Å². The molecule has 2 heterocycles. The van der Waals surface area contributed by atoms with Gasteiger partial charge in [0, 0.05) is 22.9 Å². The highest BCUT2D eigenvalue weighted by Crippen LogP contribution is 2.26. The molecule has 82 valence electrons. The van der Waals surface area contributed by atoms with E-state index in [1.165, 1.54) is 0 Å². The Morgan fingerprint density at radius 3 is 3.19 bits per heavy atom. The summed E-state index contributed by atoms with van der Waals surface area (Å²) in [4.78, 5) is 0. The van der Waals surface area contributed by atoms with E-state index in [0.29, 0.717) is 5.02 Å². The third-order valence-electron chi connectivity index (χ3n) is 2.32. The lowest BCUT2D eigenvalue weighted by molar-refractivity contribution is 0.755. The SMILES string of the molecule is Clc1cccc(-c2nnc3n2NCCS3)c1. The quantitative estimate of drug-likeness (QED) is 0.845. The summed E-state index contributed by atoms with van der Waals surface area (Å²) in [6.45, 7) is 0.920. The highest BCUT2D eigenvalue weighted by Gasteiger charge is 2.17. The van der Waals surface area contributed by atoms with Crippen LogP contribution in [0, 0.1) is 0 Å². The zero-order chi connectivity index (χ0) is 11.0. The summed E-state index contributed by atoms with van der Waals surface area (Å²) in [5.74, 6) is 1.83. The van der Waals surface area contributed by atoms with Gasteiger partial charge in [0.25, 0.3) is 0 Å². The van der Waals surface area contributed by atoms with Gasteiger partial charge in [-0.3, -0.25) is 0 Å². The molecular weight excluding hydrogens is 244 g/mol. The third kappa shape index (κ3) is 1.66. The lowest BCUT2D eigenvalue weighted by Gasteiger charge is -2.16. The van der Waals surface area contributed by atoms with E-state index < -0.39 is 0 Å². The van der Waals surface area contributed by atoms with Crippen LogP contribution in [0.1, 0.15) is 0 Å². The molecule has 0 aliphatic carbocycles. The molecule has 0 fully saturated rings. The third-order valence-corrected chi connectivity index (χ3v) is 3.49. The van der Waals surface area contributed by atoms with Gasteiger partial charge in [-0.1, -0.05) is 35.5 Å². The van der Waals surface area contributed by atoms with Crippen LogP contribution in [0.15, 0.2) is 29.4 Å². The number of aromatic nitrogens is 3. The number of rotatable bonds is 1. The predicted molar refractivity (Wildman–Crippen MR) is 65.4 cm³/mol. The number of halogens is 1. The minimum absolute atomic E-state index is 0.707. The molecule has 0 saturated heterocycles. The summed E-state index contributed by atoms with van der Waals surface area (Å²) in [5, 5.41) is 9.92. The summed E-state index contributed by atoms with van der Waals surface area (Å²) >= 11 is 7.66. The Morgan fingerprint density at radius 1 is 1.38 bits per heavy atom. The first-order valence-corrected chi connectivity index (χ1v) is 6.29. The van der Waals surface area contributed by atoms with Crippen molar-refractivity contribution in [1.29, 1.82) is 0 Å². The van der Waals surface area contributed by atoms with E-state index in [4.69, 9.17) is 11.6 Å². The minimum atomic E-state index is 0.707. The molecule has 16 heavy (non-hydrogen) atoms. The van der Waals surface area contributed by atoms with Crippen molar-refractivity contribution < 1.29 is 0 Å². The standard InChI is InChI=1S/C10H9ClN4S/c11-8-3-1-2-7(6-8)9-13-14-10-15(9)12-4-5-16-10/h1-3,6,12H,4-5H2. The Hall–Kier alpha value is -1.20. The topological polar surface area (TPSA) is 42.7 Å². The van der Waals surface area contributed by atoms with Crippen LogP contribution in [-0.2, 0) is 0 Å². The van der Waals surface area contributed by atoms with Crippen LogP contribution >= 0.6 is 23.4 Å². The molecule has 0 spiro atoms. The molecule has 6 heteroatoms. The molecule has 1 aromatic carbocycles. The van der Waals surface area contributed by atoms with Gasteiger partial charge in [-0.25, -0.2) is 4.68 Å². The summed E-state index contributed by atoms with van der Waals surface area (Å²) in [6, 6.07) is 7.62. The van der Waals surface area contributed by atoms with Crippen molar-refractivity contribution in [3.63, 3.8) is 0 Å². The van der Waals surface area contributed by atoms with Crippen molar-refractivity contribution in [2.45, 2.75) is 5.16 Å². The van der Waals surface area contributed by atoms with E-state index in [9.17, 15) is 0 Å². The summed E-state index contributed by atoms with van der Waals surface area (Å²) < 4.78 is 1.92. The molecule has 1 aliphatic heterocycles. The monoisotopic (exact) mass is 252 g/mol. The number of fused-ring (bicyclic) bond motifs is 1. The number of nitrogens with zero attached hydrogens (tertiary/aromatic N) is 3. The zero-order valence-corrected chi connectivity index (χ0v) is 9.92. The van der Waals surface area contributed by atoms with Crippen LogP contribution in [0.25, 0.3) is 11.4 Å². The van der Waals surface area contributed by atoms with Gasteiger partial charge in [-0.15, -0.1) is 10.2 Å². The number of nitrogens with one attached hydrogen (secondary N) is 1. The fourth-order valence-corrected chi connectivity index (χ4v) is 2.57. The smallest absolute Gasteiger partial charge is 0.210 e. The van der Waals surface area contributed by atoms with Crippen molar-refractivity contribution in [1.82, 2.24) is 14.9 Å². The fraction of sp³-hybridized carbons (Fsp3) is 0.200. The Kier molecular flexibility index (Phi) is 2.49. The molecule has 2 aromatic rings. The predicted octanol–water partition coefficient (Wildman–Crippen LogP) is 2.25. The first-order valence-electron chi connectivity index (χ1n) is 4.92. The second-order valence-electron chi connectivity index (χ2n) is 3.41. The van der Waals surface area contributed by atoms with Gasteiger partial charge < -0.3 is 5.43 Å². The lowest BCUT2D eigenvalue weighted by Crippen LogP contribution is -2.23. The maximum absolute atomic E-state index is 5.96. The van der Waals surface area contributed by atoms with Crippen molar-refractivity contribution in [3.8, 4) is 11.4 Å². The van der Waals surface area contributed by atoms with Gasteiger partial charge in [0.1, 0.15) is 0 Å². The van der Waals surface area contributed by atoms with E-state index in [0.717, 1.165) is 28.8 Å². The maximum Gasteiger partial charge on any atom is 0.210 e. The number of benzene rings is 1. The zero-order valence-electron chi connectivity index (χ0n) is 8.35. The van der Waals surface area contributed by atoms with Gasteiger partial charge in [0.2, 0.25) is 5.16 Å². The average molecular weight is 253 g/mol. The molecule has 0 saturated carbocycles. The first-order chi connectivity index (χ1) is 7.84. The summed E-state index contributed by atoms with van der Waals surface area (Å²) in [7, 11) is 0. The van der Waals surface area contributed by atoms with E-state index in [1.54, 1.807) is 11.8 Å². The first kappa shape index (κ1) is 9.99. The normalized spacial score (nSPS) is 14.3. The molecule has 3 rings (SSSR count). The molecule has 0 bridgehead atoms. The Bertz CT molecular complexity index is 525. The molecule has 1 N–H and O–H groups in total. The van der Waals surface area contributed by atoms with Gasteiger partial charge in [-0.05, 0) is 12.1 Å². The molecule has 4 nitrogen and oxygen atoms in total. The summed E-state index contributed by atoms with van der Waals surface area (Å²) in [5.41, 5.74) is 4.23.